The molecule has 4 nitrogen and oxygen atoms in total. The van der Waals surface area contributed by atoms with Crippen molar-refractivity contribution in [3.63, 3.8) is 0 Å². The topological polar surface area (TPSA) is 38.8 Å². The van der Waals surface area contributed by atoms with Gasteiger partial charge >= 0.3 is 0 Å². The second kappa shape index (κ2) is 6.11. The molecule has 0 aromatic carbocycles. The summed E-state index contributed by atoms with van der Waals surface area (Å²) in [5.41, 5.74) is 0. The van der Waals surface area contributed by atoms with Crippen molar-refractivity contribution in [3.8, 4) is 0 Å². The van der Waals surface area contributed by atoms with E-state index >= 15 is 0 Å². The second-order valence-corrected chi connectivity index (χ2v) is 3.82. The van der Waals surface area contributed by atoms with E-state index in [1.165, 1.54) is 6.92 Å². The molecule has 1 rings (SSSR count). The van der Waals surface area contributed by atoms with Gasteiger partial charge in [-0.3, -0.25) is 4.79 Å². The average Bonchev–Trinajstić information content (AvgIpc) is 2.07. The van der Waals surface area contributed by atoms with Gasteiger partial charge in [0.25, 0.3) is 0 Å². The zero-order chi connectivity index (χ0) is 10.4. The van der Waals surface area contributed by atoms with Gasteiger partial charge in [0.1, 0.15) is 6.61 Å². The normalized spacial score (nSPS) is 18.1. The van der Waals surface area contributed by atoms with E-state index in [1.54, 1.807) is 0 Å². The Balaban J connectivity index is 1.78. The van der Waals surface area contributed by atoms with Gasteiger partial charge in [0.15, 0.2) is 5.78 Å². The van der Waals surface area contributed by atoms with E-state index < -0.39 is 0 Å². The highest BCUT2D eigenvalue weighted by atomic mass is 16.5. The van der Waals surface area contributed by atoms with E-state index in [9.17, 15) is 4.79 Å². The second-order valence-electron chi connectivity index (χ2n) is 3.82. The first kappa shape index (κ1) is 11.6. The van der Waals surface area contributed by atoms with Gasteiger partial charge in [-0.2, -0.15) is 0 Å². The average molecular weight is 201 g/mol. The molecule has 82 valence electrons. The van der Waals surface area contributed by atoms with Gasteiger partial charge < -0.3 is 14.4 Å². The van der Waals surface area contributed by atoms with Crippen molar-refractivity contribution < 1.29 is 14.3 Å². The Morgan fingerprint density at radius 3 is 2.71 bits per heavy atom. The number of Topliss-reactive ketones (excluding diaryl/α,β-unsaturated/α-hetero) is 1. The highest BCUT2D eigenvalue weighted by Gasteiger charge is 2.22. The van der Waals surface area contributed by atoms with Crippen LogP contribution in [0.25, 0.3) is 0 Å². The quantitative estimate of drug-likeness (QED) is 0.556. The molecular weight excluding hydrogens is 182 g/mol. The lowest BCUT2D eigenvalue weighted by Gasteiger charge is -2.35. The number of hydrogen-bond acceptors (Lipinski definition) is 4. The maximum atomic E-state index is 10.5. The predicted molar refractivity (Wildman–Crippen MR) is 53.4 cm³/mol. The molecule has 14 heavy (non-hydrogen) atoms. The zero-order valence-corrected chi connectivity index (χ0v) is 8.99. The summed E-state index contributed by atoms with van der Waals surface area (Å²) in [6.07, 6.45) is 1.28. The minimum atomic E-state index is 0.0755. The molecule has 0 unspecified atom stereocenters. The fourth-order valence-electron chi connectivity index (χ4n) is 1.37. The molecule has 0 spiro atoms. The molecule has 0 aromatic rings. The van der Waals surface area contributed by atoms with Gasteiger partial charge in [-0.1, -0.05) is 0 Å². The summed E-state index contributed by atoms with van der Waals surface area (Å²) in [4.78, 5) is 12.7. The monoisotopic (exact) mass is 201 g/mol. The number of hydrogen-bond donors (Lipinski definition) is 0. The van der Waals surface area contributed by atoms with Crippen LogP contribution in [0.3, 0.4) is 0 Å². The Hall–Kier alpha value is -0.450. The lowest BCUT2D eigenvalue weighted by Crippen LogP contribution is -2.49. The summed E-state index contributed by atoms with van der Waals surface area (Å²) in [5.74, 6) is 0.0755. The van der Waals surface area contributed by atoms with Crippen molar-refractivity contribution in [1.82, 2.24) is 4.90 Å². The summed E-state index contributed by atoms with van der Waals surface area (Å²) in [6.45, 7) is 5.17. The Morgan fingerprint density at radius 2 is 2.14 bits per heavy atom. The fourth-order valence-corrected chi connectivity index (χ4v) is 1.37. The van der Waals surface area contributed by atoms with Crippen LogP contribution in [-0.4, -0.2) is 56.7 Å². The Labute approximate surface area is 85.2 Å². The van der Waals surface area contributed by atoms with Gasteiger partial charge in [0.2, 0.25) is 0 Å². The maximum absolute atomic E-state index is 10.5. The molecule has 4 heteroatoms. The molecule has 1 fully saturated rings. The molecule has 0 radical (unpaired) electrons. The fraction of sp³-hybridized carbons (Fsp3) is 0.900. The van der Waals surface area contributed by atoms with Crippen molar-refractivity contribution in [2.45, 2.75) is 19.4 Å². The number of carbonyl (C=O) groups is 1. The van der Waals surface area contributed by atoms with Crippen molar-refractivity contribution in [1.29, 1.82) is 0 Å². The Kier molecular flexibility index (Phi) is 5.07. The zero-order valence-electron chi connectivity index (χ0n) is 8.99. The molecule has 0 saturated carbocycles. The number of nitrogens with zero attached hydrogens (tertiary/aromatic N) is 1. The van der Waals surface area contributed by atoms with E-state index in [0.717, 1.165) is 26.1 Å². The summed E-state index contributed by atoms with van der Waals surface area (Å²) in [6, 6.07) is 0. The van der Waals surface area contributed by atoms with Crippen LogP contribution in [0.1, 0.15) is 13.3 Å². The number of ether oxygens (including phenoxy) is 2. The first-order chi connectivity index (χ1) is 6.68. The minimum Gasteiger partial charge on any atom is -0.375 e. The number of rotatable bonds is 7. The molecule has 1 aliphatic rings. The van der Waals surface area contributed by atoms with Crippen LogP contribution in [0.4, 0.5) is 0 Å². The molecule has 0 aliphatic carbocycles. The maximum Gasteiger partial charge on any atom is 0.155 e. The van der Waals surface area contributed by atoms with Crippen molar-refractivity contribution >= 4 is 5.78 Å². The molecule has 0 aromatic heterocycles. The molecule has 1 heterocycles. The molecular formula is C10H19NO3. The van der Waals surface area contributed by atoms with Crippen LogP contribution in [0.15, 0.2) is 0 Å². The van der Waals surface area contributed by atoms with Gasteiger partial charge in [-0.15, -0.1) is 0 Å². The van der Waals surface area contributed by atoms with Gasteiger partial charge in [0, 0.05) is 26.3 Å². The standard InChI is InChI=1S/C10H19NO3/c1-9(12)8-13-4-3-5-14-10-6-11(2)7-10/h10H,3-8H2,1-2H3. The minimum absolute atomic E-state index is 0.0755. The van der Waals surface area contributed by atoms with Crippen molar-refractivity contribution in [3.05, 3.63) is 0 Å². The third kappa shape index (κ3) is 4.69. The Bertz CT molecular complexity index is 178. The van der Waals surface area contributed by atoms with E-state index in [-0.39, 0.29) is 12.4 Å². The smallest absolute Gasteiger partial charge is 0.155 e. The predicted octanol–water partition coefficient (Wildman–Crippen LogP) is 0.313. The lowest BCUT2D eigenvalue weighted by molar-refractivity contribution is -0.121. The van der Waals surface area contributed by atoms with E-state index in [4.69, 9.17) is 9.47 Å². The van der Waals surface area contributed by atoms with E-state index in [2.05, 4.69) is 11.9 Å². The van der Waals surface area contributed by atoms with Gasteiger partial charge in [-0.05, 0) is 20.4 Å². The molecule has 0 bridgehead atoms. The van der Waals surface area contributed by atoms with Gasteiger partial charge in [-0.25, -0.2) is 0 Å². The highest BCUT2D eigenvalue weighted by Crippen LogP contribution is 2.08. The third-order valence-electron chi connectivity index (χ3n) is 2.12. The van der Waals surface area contributed by atoms with Gasteiger partial charge in [0.05, 0.1) is 6.10 Å². The summed E-state index contributed by atoms with van der Waals surface area (Å²) < 4.78 is 10.7. The van der Waals surface area contributed by atoms with Crippen LogP contribution >= 0.6 is 0 Å². The number of carbonyl (C=O) groups excluding carboxylic acids is 1. The SMILES string of the molecule is CC(=O)COCCCOC1CN(C)C1. The summed E-state index contributed by atoms with van der Waals surface area (Å²) in [7, 11) is 2.08. The first-order valence-electron chi connectivity index (χ1n) is 5.06. The Morgan fingerprint density at radius 1 is 1.43 bits per heavy atom. The van der Waals surface area contributed by atoms with E-state index in [0.29, 0.717) is 12.7 Å². The van der Waals surface area contributed by atoms with Crippen molar-refractivity contribution in [2.75, 3.05) is 40.0 Å². The third-order valence-corrected chi connectivity index (χ3v) is 2.12. The molecule has 1 saturated heterocycles. The van der Waals surface area contributed by atoms with Crippen LogP contribution < -0.4 is 0 Å². The largest absolute Gasteiger partial charge is 0.375 e. The lowest BCUT2D eigenvalue weighted by atomic mass is 10.2. The molecule has 0 amide bonds. The number of likely N-dealkylation sites (N-methyl/N-ethyl adjacent to an activating group) is 1. The summed E-state index contributed by atoms with van der Waals surface area (Å²) >= 11 is 0. The van der Waals surface area contributed by atoms with Crippen molar-refractivity contribution in [2.24, 2.45) is 0 Å². The molecule has 0 N–H and O–H groups in total. The number of likely N-dealkylation sites (tertiary alicyclic amines) is 1. The highest BCUT2D eigenvalue weighted by molar-refractivity contribution is 5.76. The van der Waals surface area contributed by atoms with Crippen LogP contribution in [0.2, 0.25) is 0 Å². The van der Waals surface area contributed by atoms with E-state index in [1.807, 2.05) is 0 Å². The molecule has 1 aliphatic heterocycles. The van der Waals surface area contributed by atoms with Crippen LogP contribution in [0.5, 0.6) is 0 Å². The number of ketones is 1. The van der Waals surface area contributed by atoms with Crippen LogP contribution in [-0.2, 0) is 14.3 Å². The molecule has 0 atom stereocenters. The first-order valence-corrected chi connectivity index (χ1v) is 5.06. The summed E-state index contributed by atoms with van der Waals surface area (Å²) in [5, 5.41) is 0. The van der Waals surface area contributed by atoms with Crippen LogP contribution in [0, 0.1) is 0 Å².